The Bertz CT molecular complexity index is 358. The van der Waals surface area contributed by atoms with Crippen molar-refractivity contribution in [1.29, 1.82) is 0 Å². The Balaban J connectivity index is 1.71. The van der Waals surface area contributed by atoms with Crippen LogP contribution in [0, 0.1) is 0 Å². The van der Waals surface area contributed by atoms with Crippen LogP contribution in [0.25, 0.3) is 0 Å². The number of piperidine rings is 1. The van der Waals surface area contributed by atoms with Crippen molar-refractivity contribution in [2.24, 2.45) is 0 Å². The average Bonchev–Trinajstić information content (AvgIpc) is 2.45. The lowest BCUT2D eigenvalue weighted by molar-refractivity contribution is 0.145. The van der Waals surface area contributed by atoms with Crippen molar-refractivity contribution in [1.82, 2.24) is 5.32 Å². The van der Waals surface area contributed by atoms with Gasteiger partial charge >= 0.3 is 0 Å². The average molecular weight is 263 g/mol. The number of nitrogens with two attached hydrogens (primary N) is 1. The van der Waals surface area contributed by atoms with Gasteiger partial charge < -0.3 is 20.7 Å². The van der Waals surface area contributed by atoms with E-state index in [2.05, 4.69) is 22.3 Å². The minimum atomic E-state index is 0.630. The van der Waals surface area contributed by atoms with Gasteiger partial charge in [0.25, 0.3) is 0 Å². The van der Waals surface area contributed by atoms with Crippen molar-refractivity contribution in [3.05, 3.63) is 24.3 Å². The number of hydrogen-bond acceptors (Lipinski definition) is 4. The molecule has 1 heterocycles. The lowest BCUT2D eigenvalue weighted by Crippen LogP contribution is -2.43. The molecule has 3 N–H and O–H groups in total. The van der Waals surface area contributed by atoms with E-state index in [9.17, 15) is 0 Å². The van der Waals surface area contributed by atoms with E-state index in [-0.39, 0.29) is 0 Å². The number of benzene rings is 1. The van der Waals surface area contributed by atoms with E-state index >= 15 is 0 Å². The van der Waals surface area contributed by atoms with Gasteiger partial charge in [-0.3, -0.25) is 0 Å². The normalized spacial score (nSPS) is 16.8. The molecule has 4 nitrogen and oxygen atoms in total. The zero-order valence-electron chi connectivity index (χ0n) is 11.8. The first-order valence-electron chi connectivity index (χ1n) is 7.21. The maximum atomic E-state index is 5.72. The molecule has 0 aromatic heterocycles. The molecule has 1 fully saturated rings. The number of ether oxygens (including phenoxy) is 1. The highest BCUT2D eigenvalue weighted by Gasteiger charge is 2.18. The molecule has 0 amide bonds. The predicted octanol–water partition coefficient (Wildman–Crippen LogP) is 1.86. The number of nitrogens with zero attached hydrogens (tertiary/aromatic N) is 1. The molecule has 19 heavy (non-hydrogen) atoms. The van der Waals surface area contributed by atoms with Crippen LogP contribution in [0.5, 0.6) is 0 Å². The molecular weight excluding hydrogens is 238 g/mol. The second-order valence-electron chi connectivity index (χ2n) is 5.00. The largest absolute Gasteiger partial charge is 0.399 e. The van der Waals surface area contributed by atoms with Gasteiger partial charge in [-0.1, -0.05) is 0 Å². The first-order chi connectivity index (χ1) is 9.29. The molecule has 1 aliphatic rings. The Morgan fingerprint density at radius 1 is 1.26 bits per heavy atom. The molecule has 2 rings (SSSR count). The lowest BCUT2D eigenvalue weighted by atomic mass is 10.0. The summed E-state index contributed by atoms with van der Waals surface area (Å²) in [6, 6.07) is 8.80. The molecular formula is C15H25N3O. The predicted molar refractivity (Wildman–Crippen MR) is 80.6 cm³/mol. The summed E-state index contributed by atoms with van der Waals surface area (Å²) in [4.78, 5) is 2.43. The van der Waals surface area contributed by atoms with Crippen molar-refractivity contribution in [2.45, 2.75) is 25.8 Å². The Kier molecular flexibility index (Phi) is 5.48. The summed E-state index contributed by atoms with van der Waals surface area (Å²) < 4.78 is 5.34. The van der Waals surface area contributed by atoms with E-state index in [1.807, 2.05) is 19.1 Å². The van der Waals surface area contributed by atoms with Gasteiger partial charge in [0.05, 0.1) is 6.61 Å². The van der Waals surface area contributed by atoms with Gasteiger partial charge in [0.2, 0.25) is 0 Å². The van der Waals surface area contributed by atoms with E-state index in [0.29, 0.717) is 6.04 Å². The molecule has 106 valence electrons. The quantitative estimate of drug-likeness (QED) is 0.607. The van der Waals surface area contributed by atoms with Crippen molar-refractivity contribution in [3.8, 4) is 0 Å². The molecule has 1 aromatic carbocycles. The van der Waals surface area contributed by atoms with E-state index in [1.54, 1.807) is 0 Å². The number of anilines is 2. The minimum Gasteiger partial charge on any atom is -0.399 e. The summed E-state index contributed by atoms with van der Waals surface area (Å²) in [5, 5.41) is 3.57. The van der Waals surface area contributed by atoms with Gasteiger partial charge in [0.15, 0.2) is 0 Å². The Morgan fingerprint density at radius 2 is 1.95 bits per heavy atom. The molecule has 1 aliphatic heterocycles. The van der Waals surface area contributed by atoms with E-state index in [0.717, 1.165) is 38.5 Å². The van der Waals surface area contributed by atoms with Crippen molar-refractivity contribution in [3.63, 3.8) is 0 Å². The molecule has 0 aliphatic carbocycles. The second kappa shape index (κ2) is 7.36. The molecule has 0 spiro atoms. The fourth-order valence-electron chi connectivity index (χ4n) is 2.51. The van der Waals surface area contributed by atoms with Crippen LogP contribution >= 0.6 is 0 Å². The maximum Gasteiger partial charge on any atom is 0.0590 e. The van der Waals surface area contributed by atoms with Gasteiger partial charge in [-0.25, -0.2) is 0 Å². The highest BCUT2D eigenvalue weighted by Crippen LogP contribution is 2.20. The molecule has 0 unspecified atom stereocenters. The molecule has 0 saturated carbocycles. The van der Waals surface area contributed by atoms with Crippen LogP contribution in [0.4, 0.5) is 11.4 Å². The molecule has 0 atom stereocenters. The number of nitrogen functional groups attached to an aromatic ring is 1. The van der Waals surface area contributed by atoms with Gasteiger partial charge in [0.1, 0.15) is 0 Å². The zero-order chi connectivity index (χ0) is 13.5. The van der Waals surface area contributed by atoms with Crippen LogP contribution in [-0.4, -0.2) is 38.9 Å². The third kappa shape index (κ3) is 4.40. The van der Waals surface area contributed by atoms with E-state index in [4.69, 9.17) is 10.5 Å². The summed E-state index contributed by atoms with van der Waals surface area (Å²) in [5.74, 6) is 0. The van der Waals surface area contributed by atoms with Crippen LogP contribution in [0.15, 0.2) is 24.3 Å². The number of nitrogens with one attached hydrogen (secondary N) is 1. The summed E-state index contributed by atoms with van der Waals surface area (Å²) in [7, 11) is 0. The Hall–Kier alpha value is -1.26. The van der Waals surface area contributed by atoms with E-state index < -0.39 is 0 Å². The highest BCUT2D eigenvalue weighted by atomic mass is 16.5. The van der Waals surface area contributed by atoms with Gasteiger partial charge in [-0.2, -0.15) is 0 Å². The fraction of sp³-hybridized carbons (Fsp3) is 0.600. The smallest absolute Gasteiger partial charge is 0.0590 e. The Labute approximate surface area is 115 Å². The fourth-order valence-corrected chi connectivity index (χ4v) is 2.51. The summed E-state index contributed by atoms with van der Waals surface area (Å²) in [5.41, 5.74) is 7.83. The number of hydrogen-bond donors (Lipinski definition) is 2. The van der Waals surface area contributed by atoms with Crippen molar-refractivity contribution >= 4 is 11.4 Å². The Morgan fingerprint density at radius 3 is 2.58 bits per heavy atom. The topological polar surface area (TPSA) is 50.5 Å². The standard InChI is InChI=1S/C15H25N3O/c1-2-19-12-9-17-14-7-10-18(11-8-14)15-5-3-13(16)4-6-15/h3-6,14,17H,2,7-12,16H2,1H3. The van der Waals surface area contributed by atoms with Gasteiger partial charge in [-0.05, 0) is 44.0 Å². The van der Waals surface area contributed by atoms with Crippen LogP contribution in [0.3, 0.4) is 0 Å². The lowest BCUT2D eigenvalue weighted by Gasteiger charge is -2.34. The highest BCUT2D eigenvalue weighted by molar-refractivity contribution is 5.53. The molecule has 0 radical (unpaired) electrons. The SMILES string of the molecule is CCOCCNC1CCN(c2ccc(N)cc2)CC1. The summed E-state index contributed by atoms with van der Waals surface area (Å²) in [6.45, 7) is 6.82. The first-order valence-corrected chi connectivity index (χ1v) is 7.21. The molecule has 1 aromatic rings. The third-order valence-corrected chi connectivity index (χ3v) is 3.64. The second-order valence-corrected chi connectivity index (χ2v) is 5.00. The number of rotatable bonds is 6. The van der Waals surface area contributed by atoms with Gasteiger partial charge in [0, 0.05) is 43.7 Å². The molecule has 4 heteroatoms. The monoisotopic (exact) mass is 263 g/mol. The molecule has 0 bridgehead atoms. The summed E-state index contributed by atoms with van der Waals surface area (Å²) in [6.07, 6.45) is 2.38. The maximum absolute atomic E-state index is 5.72. The van der Waals surface area contributed by atoms with Crippen LogP contribution in [-0.2, 0) is 4.74 Å². The van der Waals surface area contributed by atoms with E-state index in [1.165, 1.54) is 18.5 Å². The zero-order valence-corrected chi connectivity index (χ0v) is 11.8. The van der Waals surface area contributed by atoms with Crippen LogP contribution < -0.4 is 16.0 Å². The molecule has 1 saturated heterocycles. The van der Waals surface area contributed by atoms with Crippen molar-refractivity contribution in [2.75, 3.05) is 43.5 Å². The third-order valence-electron chi connectivity index (χ3n) is 3.64. The minimum absolute atomic E-state index is 0.630. The van der Waals surface area contributed by atoms with Crippen LogP contribution in [0.2, 0.25) is 0 Å². The van der Waals surface area contributed by atoms with Gasteiger partial charge in [-0.15, -0.1) is 0 Å². The van der Waals surface area contributed by atoms with Crippen molar-refractivity contribution < 1.29 is 4.74 Å². The first kappa shape index (κ1) is 14.2. The van der Waals surface area contributed by atoms with Crippen LogP contribution in [0.1, 0.15) is 19.8 Å². The summed E-state index contributed by atoms with van der Waals surface area (Å²) >= 11 is 0.